The third-order valence-corrected chi connectivity index (χ3v) is 5.62. The molecule has 0 radical (unpaired) electrons. The van der Waals surface area contributed by atoms with Crippen LogP contribution in [0.4, 0.5) is 0 Å². The molecular formula is C22H44N10O2. The van der Waals surface area contributed by atoms with Crippen LogP contribution in [0.5, 0.6) is 0 Å². The van der Waals surface area contributed by atoms with Gasteiger partial charge in [-0.15, -0.1) is 0 Å². The maximum Gasteiger partial charge on any atom is 0.226 e. The fraction of sp³-hybridized carbons (Fsp3) is 0.818. The van der Waals surface area contributed by atoms with Crippen LogP contribution >= 0.6 is 0 Å². The smallest absolute Gasteiger partial charge is 0.226 e. The molecule has 2 rings (SSSR count). The summed E-state index contributed by atoms with van der Waals surface area (Å²) < 4.78 is 0. The average molecular weight is 481 g/mol. The Labute approximate surface area is 203 Å². The molecule has 2 heterocycles. The Bertz CT molecular complexity index is 712. The summed E-state index contributed by atoms with van der Waals surface area (Å²) in [7, 11) is 0. The standard InChI is InChI=1S/C22H44N10O2/c1-21(2)29-17(23)27-19(25)31(21)33-15-13-11-9-7-5-6-8-10-12-14-16-34-32-20(26)28-18(24)30-22(32,3)4/h5-16H2,1-4H3,(H4,23,25,27,29)(H4,24,26,28,30). The Morgan fingerprint density at radius 3 is 1.15 bits per heavy atom. The SMILES string of the molecule is CC1(C)N=C(N)N=C(N)N1OCCCCCCCCCCCCON1C(N)=NC(N)=NC1(C)C. The van der Waals surface area contributed by atoms with Gasteiger partial charge in [0.25, 0.3) is 0 Å². The minimum absolute atomic E-state index is 0.179. The Kier molecular flexibility index (Phi) is 10.4. The lowest BCUT2D eigenvalue weighted by molar-refractivity contribution is -0.157. The van der Waals surface area contributed by atoms with E-state index in [4.69, 9.17) is 32.6 Å². The largest absolute Gasteiger partial charge is 0.368 e. The van der Waals surface area contributed by atoms with Crippen LogP contribution in [-0.4, -0.2) is 58.5 Å². The van der Waals surface area contributed by atoms with Crippen molar-refractivity contribution < 1.29 is 9.68 Å². The predicted molar refractivity (Wildman–Crippen MR) is 136 cm³/mol. The van der Waals surface area contributed by atoms with Crippen molar-refractivity contribution in [1.29, 1.82) is 0 Å². The maximum absolute atomic E-state index is 5.91. The van der Waals surface area contributed by atoms with Gasteiger partial charge in [-0.1, -0.05) is 51.4 Å². The number of nitrogens with two attached hydrogens (primary N) is 4. The van der Waals surface area contributed by atoms with Crippen LogP contribution in [-0.2, 0) is 9.68 Å². The van der Waals surface area contributed by atoms with Crippen molar-refractivity contribution in [3.8, 4) is 0 Å². The van der Waals surface area contributed by atoms with Crippen molar-refractivity contribution in [2.75, 3.05) is 13.2 Å². The second-order valence-electron chi connectivity index (χ2n) is 9.66. The summed E-state index contributed by atoms with van der Waals surface area (Å²) in [5.41, 5.74) is 21.9. The fourth-order valence-corrected chi connectivity index (χ4v) is 3.97. The number of aliphatic imine (C=N–C) groups is 4. The Balaban J connectivity index is 1.41. The molecule has 0 bridgehead atoms. The molecule has 12 nitrogen and oxygen atoms in total. The third kappa shape index (κ3) is 8.64. The zero-order chi connectivity index (χ0) is 25.2. The maximum atomic E-state index is 5.91. The van der Waals surface area contributed by atoms with Gasteiger partial charge in [-0.2, -0.15) is 20.1 Å². The molecule has 2 aliphatic heterocycles. The monoisotopic (exact) mass is 480 g/mol. The van der Waals surface area contributed by atoms with E-state index >= 15 is 0 Å². The summed E-state index contributed by atoms with van der Waals surface area (Å²) in [5.74, 6) is 0.852. The van der Waals surface area contributed by atoms with Gasteiger partial charge in [-0.3, -0.25) is 9.68 Å². The molecule has 0 aromatic carbocycles. The van der Waals surface area contributed by atoms with Crippen molar-refractivity contribution >= 4 is 23.8 Å². The van der Waals surface area contributed by atoms with Gasteiger partial charge in [0.05, 0.1) is 13.2 Å². The molecule has 0 aromatic heterocycles. The Morgan fingerprint density at radius 2 is 0.853 bits per heavy atom. The van der Waals surface area contributed by atoms with Gasteiger partial charge in [0.1, 0.15) is 0 Å². The lowest BCUT2D eigenvalue weighted by Gasteiger charge is -2.36. The van der Waals surface area contributed by atoms with E-state index in [1.54, 1.807) is 0 Å². The summed E-state index contributed by atoms with van der Waals surface area (Å²) in [6.45, 7) is 8.73. The summed E-state index contributed by atoms with van der Waals surface area (Å²) in [5, 5.41) is 3.07. The molecule has 0 saturated heterocycles. The van der Waals surface area contributed by atoms with E-state index in [1.807, 2.05) is 27.7 Å². The topological polar surface area (TPSA) is 178 Å². The lowest BCUT2D eigenvalue weighted by atomic mass is 10.1. The molecule has 0 atom stereocenters. The molecule has 0 saturated carbocycles. The number of hydrogen-bond acceptors (Lipinski definition) is 12. The molecule has 0 spiro atoms. The van der Waals surface area contributed by atoms with Crippen LogP contribution in [0.15, 0.2) is 20.0 Å². The van der Waals surface area contributed by atoms with Crippen LogP contribution in [0.25, 0.3) is 0 Å². The summed E-state index contributed by atoms with van der Waals surface area (Å²) in [6.07, 6.45) is 11.6. The first kappa shape index (κ1) is 27.6. The van der Waals surface area contributed by atoms with E-state index < -0.39 is 11.3 Å². The first-order valence-corrected chi connectivity index (χ1v) is 12.3. The lowest BCUT2D eigenvalue weighted by Crippen LogP contribution is -2.53. The minimum atomic E-state index is -0.642. The van der Waals surface area contributed by atoms with Crippen LogP contribution in [0, 0.1) is 0 Å². The molecule has 0 aromatic rings. The van der Waals surface area contributed by atoms with Gasteiger partial charge in [0, 0.05) is 0 Å². The van der Waals surface area contributed by atoms with Gasteiger partial charge in [-0.25, -0.2) is 9.98 Å². The highest BCUT2D eigenvalue weighted by Crippen LogP contribution is 2.21. The number of guanidine groups is 4. The number of nitrogens with zero attached hydrogens (tertiary/aromatic N) is 6. The van der Waals surface area contributed by atoms with Crippen LogP contribution in [0.3, 0.4) is 0 Å². The van der Waals surface area contributed by atoms with E-state index in [9.17, 15) is 0 Å². The van der Waals surface area contributed by atoms with Gasteiger partial charge >= 0.3 is 0 Å². The van der Waals surface area contributed by atoms with Gasteiger partial charge < -0.3 is 22.9 Å². The van der Waals surface area contributed by atoms with E-state index in [-0.39, 0.29) is 23.8 Å². The van der Waals surface area contributed by atoms with E-state index in [0.717, 1.165) is 25.7 Å². The highest BCUT2D eigenvalue weighted by atomic mass is 16.7. The van der Waals surface area contributed by atoms with Crippen molar-refractivity contribution in [3.63, 3.8) is 0 Å². The zero-order valence-corrected chi connectivity index (χ0v) is 21.3. The minimum Gasteiger partial charge on any atom is -0.368 e. The first-order chi connectivity index (χ1) is 16.0. The summed E-state index contributed by atoms with van der Waals surface area (Å²) in [4.78, 5) is 28.0. The van der Waals surface area contributed by atoms with E-state index in [2.05, 4.69) is 20.0 Å². The van der Waals surface area contributed by atoms with Crippen molar-refractivity contribution in [2.24, 2.45) is 42.9 Å². The van der Waals surface area contributed by atoms with Gasteiger partial charge in [0.15, 0.2) is 11.3 Å². The summed E-state index contributed by atoms with van der Waals surface area (Å²) in [6, 6.07) is 0. The zero-order valence-electron chi connectivity index (χ0n) is 21.3. The molecule has 8 N–H and O–H groups in total. The van der Waals surface area contributed by atoms with Crippen molar-refractivity contribution in [2.45, 2.75) is 103 Å². The molecular weight excluding hydrogens is 436 g/mol. The molecule has 0 amide bonds. The third-order valence-electron chi connectivity index (χ3n) is 5.62. The Hall–Kier alpha value is -2.60. The number of hydrogen-bond donors (Lipinski definition) is 4. The van der Waals surface area contributed by atoms with E-state index in [0.29, 0.717) is 13.2 Å². The second-order valence-corrected chi connectivity index (χ2v) is 9.66. The normalized spacial score (nSPS) is 19.4. The molecule has 0 unspecified atom stereocenters. The van der Waals surface area contributed by atoms with Crippen LogP contribution in [0.1, 0.15) is 91.9 Å². The molecule has 0 aliphatic carbocycles. The number of unbranched alkanes of at least 4 members (excludes halogenated alkanes) is 9. The quantitative estimate of drug-likeness (QED) is 0.257. The average Bonchev–Trinajstić information content (AvgIpc) is 2.70. The highest BCUT2D eigenvalue weighted by molar-refractivity contribution is 5.95. The number of rotatable bonds is 15. The van der Waals surface area contributed by atoms with Gasteiger partial charge in [-0.05, 0) is 40.5 Å². The molecule has 34 heavy (non-hydrogen) atoms. The van der Waals surface area contributed by atoms with Crippen molar-refractivity contribution in [3.05, 3.63) is 0 Å². The molecule has 2 aliphatic rings. The first-order valence-electron chi connectivity index (χ1n) is 12.3. The second kappa shape index (κ2) is 12.7. The van der Waals surface area contributed by atoms with Crippen molar-refractivity contribution in [1.82, 2.24) is 10.1 Å². The number of hydroxylamine groups is 4. The van der Waals surface area contributed by atoms with Crippen LogP contribution < -0.4 is 22.9 Å². The molecule has 12 heteroatoms. The van der Waals surface area contributed by atoms with Crippen LogP contribution in [0.2, 0.25) is 0 Å². The van der Waals surface area contributed by atoms with E-state index in [1.165, 1.54) is 48.7 Å². The van der Waals surface area contributed by atoms with Gasteiger partial charge in [0.2, 0.25) is 23.8 Å². The highest BCUT2D eigenvalue weighted by Gasteiger charge is 2.33. The summed E-state index contributed by atoms with van der Waals surface area (Å²) >= 11 is 0. The fourth-order valence-electron chi connectivity index (χ4n) is 3.97. The molecule has 194 valence electrons. The molecule has 0 fully saturated rings. The predicted octanol–water partition coefficient (Wildman–Crippen LogP) is 2.11. The Morgan fingerprint density at radius 1 is 0.559 bits per heavy atom.